The Hall–Kier alpha value is -1.88. The first-order valence-corrected chi connectivity index (χ1v) is 7.93. The van der Waals surface area contributed by atoms with Crippen LogP contribution in [0.1, 0.15) is 32.6 Å². The molecule has 2 amide bonds. The van der Waals surface area contributed by atoms with Crippen molar-refractivity contribution in [3.05, 3.63) is 24.3 Å². The molecule has 1 aromatic rings. The van der Waals surface area contributed by atoms with E-state index in [4.69, 9.17) is 4.74 Å². The molecule has 118 valence electrons. The second-order valence-corrected chi connectivity index (χ2v) is 6.04. The first kappa shape index (κ1) is 15.0. The number of anilines is 2. The molecular weight excluding hydrogens is 280 g/mol. The highest BCUT2D eigenvalue weighted by Gasteiger charge is 2.31. The highest BCUT2D eigenvalue weighted by atomic mass is 16.5. The largest absolute Gasteiger partial charge is 0.381 e. The summed E-state index contributed by atoms with van der Waals surface area (Å²) < 4.78 is 5.28. The van der Waals surface area contributed by atoms with E-state index in [1.54, 1.807) is 6.92 Å². The van der Waals surface area contributed by atoms with Gasteiger partial charge >= 0.3 is 0 Å². The Morgan fingerprint density at radius 3 is 2.27 bits per heavy atom. The number of ether oxygens (including phenoxy) is 1. The van der Waals surface area contributed by atoms with Gasteiger partial charge in [-0.3, -0.25) is 9.59 Å². The van der Waals surface area contributed by atoms with Gasteiger partial charge in [-0.2, -0.15) is 0 Å². The third kappa shape index (κ3) is 3.47. The summed E-state index contributed by atoms with van der Waals surface area (Å²) in [6.45, 7) is 2.91. The van der Waals surface area contributed by atoms with E-state index in [9.17, 15) is 9.59 Å². The third-order valence-electron chi connectivity index (χ3n) is 4.26. The molecule has 1 heterocycles. The van der Waals surface area contributed by atoms with Gasteiger partial charge in [0, 0.05) is 43.5 Å². The van der Waals surface area contributed by atoms with Crippen molar-refractivity contribution in [1.29, 1.82) is 0 Å². The number of carbonyl (C=O) groups is 2. The topological polar surface area (TPSA) is 58.6 Å². The number of carbonyl (C=O) groups excluding carboxylic acids is 2. The number of nitrogens with zero attached hydrogens (tertiary/aromatic N) is 1. The van der Waals surface area contributed by atoms with Crippen LogP contribution in [-0.4, -0.2) is 31.1 Å². The highest BCUT2D eigenvalue weighted by molar-refractivity contribution is 5.94. The summed E-state index contributed by atoms with van der Waals surface area (Å²) in [7, 11) is 0. The van der Waals surface area contributed by atoms with Gasteiger partial charge in [0.05, 0.1) is 0 Å². The molecular formula is C17H22N2O3. The minimum absolute atomic E-state index is 0.0357. The van der Waals surface area contributed by atoms with Crippen LogP contribution in [0.3, 0.4) is 0 Å². The average Bonchev–Trinajstić information content (AvgIpc) is 3.34. The zero-order valence-corrected chi connectivity index (χ0v) is 12.9. The summed E-state index contributed by atoms with van der Waals surface area (Å²) in [5.41, 5.74) is 1.68. The van der Waals surface area contributed by atoms with Gasteiger partial charge < -0.3 is 15.0 Å². The third-order valence-corrected chi connectivity index (χ3v) is 4.26. The van der Waals surface area contributed by atoms with Crippen LogP contribution in [0.15, 0.2) is 24.3 Å². The molecule has 1 aliphatic carbocycles. The fourth-order valence-corrected chi connectivity index (χ4v) is 2.89. The Morgan fingerprint density at radius 1 is 1.09 bits per heavy atom. The zero-order chi connectivity index (χ0) is 15.5. The number of amides is 2. The average molecular weight is 302 g/mol. The van der Waals surface area contributed by atoms with Crippen molar-refractivity contribution in [1.82, 2.24) is 0 Å². The van der Waals surface area contributed by atoms with E-state index in [0.717, 1.165) is 37.1 Å². The van der Waals surface area contributed by atoms with E-state index in [2.05, 4.69) is 5.32 Å². The Morgan fingerprint density at radius 2 is 1.73 bits per heavy atom. The van der Waals surface area contributed by atoms with Gasteiger partial charge in [0.15, 0.2) is 0 Å². The van der Waals surface area contributed by atoms with Crippen molar-refractivity contribution >= 4 is 23.2 Å². The quantitative estimate of drug-likeness (QED) is 0.930. The Labute approximate surface area is 130 Å². The molecule has 1 aromatic carbocycles. The van der Waals surface area contributed by atoms with E-state index >= 15 is 0 Å². The van der Waals surface area contributed by atoms with Crippen LogP contribution in [0.25, 0.3) is 0 Å². The molecule has 3 rings (SSSR count). The first-order chi connectivity index (χ1) is 10.6. The zero-order valence-electron chi connectivity index (χ0n) is 12.9. The standard InChI is InChI=1S/C17H22N2O3/c1-12(20)19(16-6-7-16)15-4-2-14(3-5-15)18-17(21)13-8-10-22-11-9-13/h2-5,13,16H,6-11H2,1H3,(H,18,21). The smallest absolute Gasteiger partial charge is 0.227 e. The summed E-state index contributed by atoms with van der Waals surface area (Å²) in [4.78, 5) is 25.8. The van der Waals surface area contributed by atoms with Gasteiger partial charge in [0.1, 0.15) is 0 Å². The number of hydrogen-bond acceptors (Lipinski definition) is 3. The van der Waals surface area contributed by atoms with E-state index in [1.807, 2.05) is 29.2 Å². The number of nitrogens with one attached hydrogen (secondary N) is 1. The molecule has 2 aliphatic rings. The molecule has 0 spiro atoms. The molecule has 0 radical (unpaired) electrons. The molecule has 0 bridgehead atoms. The van der Waals surface area contributed by atoms with Crippen LogP contribution in [0.5, 0.6) is 0 Å². The van der Waals surface area contributed by atoms with Crippen molar-refractivity contribution in [3.63, 3.8) is 0 Å². The van der Waals surface area contributed by atoms with Crippen LogP contribution in [-0.2, 0) is 14.3 Å². The highest BCUT2D eigenvalue weighted by Crippen LogP contribution is 2.32. The van der Waals surface area contributed by atoms with Gasteiger partial charge in [0.2, 0.25) is 11.8 Å². The van der Waals surface area contributed by atoms with Gasteiger partial charge in [-0.1, -0.05) is 0 Å². The second-order valence-electron chi connectivity index (χ2n) is 6.04. The maximum absolute atomic E-state index is 12.2. The minimum atomic E-state index is 0.0357. The fourth-order valence-electron chi connectivity index (χ4n) is 2.89. The molecule has 0 aromatic heterocycles. The monoisotopic (exact) mass is 302 g/mol. The SMILES string of the molecule is CC(=O)N(c1ccc(NC(=O)C2CCOCC2)cc1)C1CC1. The van der Waals surface area contributed by atoms with Crippen molar-refractivity contribution in [2.75, 3.05) is 23.4 Å². The second kappa shape index (κ2) is 6.48. The maximum Gasteiger partial charge on any atom is 0.227 e. The lowest BCUT2D eigenvalue weighted by Crippen LogP contribution is -2.30. The van der Waals surface area contributed by atoms with E-state index in [-0.39, 0.29) is 17.7 Å². The molecule has 1 aliphatic heterocycles. The molecule has 2 fully saturated rings. The first-order valence-electron chi connectivity index (χ1n) is 7.93. The van der Waals surface area contributed by atoms with Crippen LogP contribution in [0, 0.1) is 5.92 Å². The van der Waals surface area contributed by atoms with E-state index < -0.39 is 0 Å². The summed E-state index contributed by atoms with van der Waals surface area (Å²) in [5, 5.41) is 2.95. The van der Waals surface area contributed by atoms with Crippen molar-refractivity contribution < 1.29 is 14.3 Å². The fraction of sp³-hybridized carbons (Fsp3) is 0.529. The summed E-state index contributed by atoms with van der Waals surface area (Å²) in [6.07, 6.45) is 3.71. The Bertz CT molecular complexity index is 546. The molecule has 0 atom stereocenters. The van der Waals surface area contributed by atoms with Gasteiger partial charge in [-0.25, -0.2) is 0 Å². The van der Waals surface area contributed by atoms with Crippen molar-refractivity contribution in [2.45, 2.75) is 38.6 Å². The van der Waals surface area contributed by atoms with Crippen LogP contribution in [0.2, 0.25) is 0 Å². The van der Waals surface area contributed by atoms with Crippen molar-refractivity contribution in [2.24, 2.45) is 5.92 Å². The summed E-state index contributed by atoms with van der Waals surface area (Å²) in [6, 6.07) is 7.88. The lowest BCUT2D eigenvalue weighted by Gasteiger charge is -2.22. The lowest BCUT2D eigenvalue weighted by molar-refractivity contribution is -0.122. The number of hydrogen-bond donors (Lipinski definition) is 1. The molecule has 5 heteroatoms. The van der Waals surface area contributed by atoms with Gasteiger partial charge in [0.25, 0.3) is 0 Å². The van der Waals surface area contributed by atoms with Gasteiger partial charge in [-0.15, -0.1) is 0 Å². The van der Waals surface area contributed by atoms with Gasteiger partial charge in [-0.05, 0) is 49.9 Å². The van der Waals surface area contributed by atoms with Crippen molar-refractivity contribution in [3.8, 4) is 0 Å². The lowest BCUT2D eigenvalue weighted by atomic mass is 9.99. The van der Waals surface area contributed by atoms with Crippen LogP contribution >= 0.6 is 0 Å². The predicted octanol–water partition coefficient (Wildman–Crippen LogP) is 2.57. The van der Waals surface area contributed by atoms with E-state index in [0.29, 0.717) is 19.3 Å². The Balaban J connectivity index is 1.63. The van der Waals surface area contributed by atoms with E-state index in [1.165, 1.54) is 0 Å². The van der Waals surface area contributed by atoms with Crippen LogP contribution in [0.4, 0.5) is 11.4 Å². The number of benzene rings is 1. The molecule has 5 nitrogen and oxygen atoms in total. The maximum atomic E-state index is 12.2. The molecule has 1 saturated carbocycles. The predicted molar refractivity (Wildman–Crippen MR) is 84.8 cm³/mol. The normalized spacial score (nSPS) is 18.8. The molecule has 22 heavy (non-hydrogen) atoms. The number of rotatable bonds is 4. The summed E-state index contributed by atoms with van der Waals surface area (Å²) in [5.74, 6) is 0.164. The Kier molecular flexibility index (Phi) is 4.43. The molecule has 1 N–H and O–H groups in total. The van der Waals surface area contributed by atoms with Crippen LogP contribution < -0.4 is 10.2 Å². The summed E-state index contributed by atoms with van der Waals surface area (Å²) >= 11 is 0. The molecule has 1 saturated heterocycles. The molecule has 0 unspecified atom stereocenters. The minimum Gasteiger partial charge on any atom is -0.381 e.